The molecule has 43 heavy (non-hydrogen) atoms. The molecule has 2 aliphatic rings. The van der Waals surface area contributed by atoms with E-state index in [1.54, 1.807) is 45.3 Å². The first-order valence-electron chi connectivity index (χ1n) is 13.7. The number of piperidine rings is 1. The number of fused-ring (bicyclic) bond motifs is 2. The number of benzene rings is 1. The van der Waals surface area contributed by atoms with Crippen LogP contribution in [0, 0.1) is 26.2 Å². The quantitative estimate of drug-likeness (QED) is 0.211. The second kappa shape index (κ2) is 10.00. The van der Waals surface area contributed by atoms with Crippen molar-refractivity contribution in [2.24, 2.45) is 5.41 Å². The van der Waals surface area contributed by atoms with Gasteiger partial charge in [0, 0.05) is 42.1 Å². The minimum absolute atomic E-state index is 0.157. The van der Waals surface area contributed by atoms with Crippen molar-refractivity contribution in [1.29, 1.82) is 0 Å². The lowest BCUT2D eigenvalue weighted by molar-refractivity contribution is -0.171. The van der Waals surface area contributed by atoms with Gasteiger partial charge in [0.15, 0.2) is 5.78 Å². The van der Waals surface area contributed by atoms with Gasteiger partial charge in [-0.2, -0.15) is 5.10 Å². The van der Waals surface area contributed by atoms with Gasteiger partial charge in [0.05, 0.1) is 17.7 Å². The molecule has 1 unspecified atom stereocenters. The Hall–Kier alpha value is -4.07. The lowest BCUT2D eigenvalue weighted by atomic mass is 9.97. The molecule has 0 radical (unpaired) electrons. The highest BCUT2D eigenvalue weighted by atomic mass is 79.9. The van der Waals surface area contributed by atoms with Gasteiger partial charge < -0.3 is 15.5 Å². The topological polar surface area (TPSA) is 163 Å². The first kappa shape index (κ1) is 29.0. The number of aliphatic hydroxyl groups excluding tert-OH is 1. The van der Waals surface area contributed by atoms with Crippen LogP contribution in [0.25, 0.3) is 22.0 Å². The lowest BCUT2D eigenvalue weighted by Gasteiger charge is -2.35. The van der Waals surface area contributed by atoms with Gasteiger partial charge in [-0.15, -0.1) is 0 Å². The van der Waals surface area contributed by atoms with E-state index in [-0.39, 0.29) is 30.3 Å². The molecular weight excluding hydrogens is 618 g/mol. The largest absolute Gasteiger partial charge is 0.390 e. The van der Waals surface area contributed by atoms with Crippen LogP contribution in [0.2, 0.25) is 0 Å². The number of pyridine rings is 1. The average molecular weight is 649 g/mol. The van der Waals surface area contributed by atoms with Crippen LogP contribution >= 0.6 is 15.9 Å². The zero-order valence-corrected chi connectivity index (χ0v) is 25.8. The third-order valence-corrected chi connectivity index (χ3v) is 8.98. The minimum atomic E-state index is -2.24. The van der Waals surface area contributed by atoms with Crippen LogP contribution in [-0.2, 0) is 16.1 Å². The van der Waals surface area contributed by atoms with E-state index in [4.69, 9.17) is 0 Å². The Morgan fingerprint density at radius 3 is 2.47 bits per heavy atom. The average Bonchev–Trinajstić information content (AvgIpc) is 3.21. The van der Waals surface area contributed by atoms with Crippen molar-refractivity contribution in [3.63, 3.8) is 0 Å². The summed E-state index contributed by atoms with van der Waals surface area (Å²) in [4.78, 5) is 54.1. The monoisotopic (exact) mass is 647 g/mol. The van der Waals surface area contributed by atoms with Crippen LogP contribution in [0.3, 0.4) is 0 Å². The van der Waals surface area contributed by atoms with E-state index in [0.29, 0.717) is 26.9 Å². The van der Waals surface area contributed by atoms with Crippen LogP contribution < -0.4 is 5.32 Å². The maximum Gasteiger partial charge on any atom is 0.278 e. The molecule has 4 atom stereocenters. The first-order valence-corrected chi connectivity index (χ1v) is 14.5. The van der Waals surface area contributed by atoms with Gasteiger partial charge in [-0.1, -0.05) is 13.0 Å². The maximum atomic E-state index is 14.0. The molecule has 2 fully saturated rings. The Bertz CT molecular complexity index is 1840. The number of likely N-dealkylation sites (tertiary alicyclic amines) is 1. The summed E-state index contributed by atoms with van der Waals surface area (Å²) in [6, 6.07) is 6.43. The second-order valence-electron chi connectivity index (χ2n) is 11.7. The molecule has 4 aromatic rings. The maximum absolute atomic E-state index is 14.0. The van der Waals surface area contributed by atoms with Crippen LogP contribution in [-0.4, -0.2) is 75.3 Å². The Morgan fingerprint density at radius 1 is 1.09 bits per heavy atom. The molecule has 4 heterocycles. The minimum Gasteiger partial charge on any atom is -0.390 e. The number of nitrogens with zero attached hydrogens (tertiary/aromatic N) is 6. The van der Waals surface area contributed by atoms with Gasteiger partial charge in [-0.25, -0.2) is 15.0 Å². The molecule has 1 aromatic carbocycles. The number of ketones is 1. The van der Waals surface area contributed by atoms with E-state index in [1.165, 1.54) is 11.6 Å². The normalized spacial score (nSPS) is 24.2. The number of nitrogens with one attached hydrogen (secondary N) is 1. The molecule has 3 aromatic heterocycles. The van der Waals surface area contributed by atoms with Crippen molar-refractivity contribution in [2.45, 2.75) is 65.5 Å². The number of carbonyl (C=O) groups excluding carboxylic acids is 3. The fraction of sp³-hybridized carbons (Fsp3) is 0.367. The molecule has 13 heteroatoms. The van der Waals surface area contributed by atoms with Crippen molar-refractivity contribution >= 4 is 50.2 Å². The van der Waals surface area contributed by atoms with E-state index < -0.39 is 35.1 Å². The Morgan fingerprint density at radius 2 is 1.79 bits per heavy atom. The number of anilines is 1. The summed E-state index contributed by atoms with van der Waals surface area (Å²) in [6.45, 7) is 8.16. The zero-order valence-electron chi connectivity index (χ0n) is 24.2. The standard InChI is InChI=1S/C30H30BrN7O5/c1-14-6-7-21(31)34-27(14)35-28(42)30(43)13-29(5)25(26(29)41)38(30)22(40)12-37-24-15(2)8-18(19-10-32-17(4)33-11-19)9-20(24)23(36-37)16(3)39/h6-11,25-26,41,43H,12-13H2,1-5H3,(H,34,35,42)/t25-,26?,29-,30-/m1/s1. The van der Waals surface area contributed by atoms with Crippen LogP contribution in [0.15, 0.2) is 41.3 Å². The van der Waals surface area contributed by atoms with Gasteiger partial charge >= 0.3 is 0 Å². The molecule has 1 aliphatic heterocycles. The summed E-state index contributed by atoms with van der Waals surface area (Å²) < 4.78 is 1.91. The molecule has 1 saturated heterocycles. The number of hydrogen-bond donors (Lipinski definition) is 3. The highest BCUT2D eigenvalue weighted by Crippen LogP contribution is 2.62. The molecule has 6 rings (SSSR count). The fourth-order valence-electron chi connectivity index (χ4n) is 6.21. The molecule has 12 nitrogen and oxygen atoms in total. The predicted molar refractivity (Wildman–Crippen MR) is 160 cm³/mol. The van der Waals surface area contributed by atoms with Gasteiger partial charge in [0.1, 0.15) is 28.5 Å². The third-order valence-electron chi connectivity index (χ3n) is 8.54. The SMILES string of the molecule is CC(=O)c1nn(CC(=O)N2[C@@H]3C(O)[C@]3(C)C[C@@]2(O)C(=O)Nc2nc(Br)ccc2C)c2c(C)cc(-c3cnc(C)nc3)cc12. The number of Topliss-reactive ketones (excluding diaryl/α,β-unsaturated/α-hetero) is 1. The highest BCUT2D eigenvalue weighted by Gasteiger charge is 2.77. The zero-order chi connectivity index (χ0) is 31.0. The summed E-state index contributed by atoms with van der Waals surface area (Å²) in [7, 11) is 0. The van der Waals surface area contributed by atoms with Crippen LogP contribution in [0.1, 0.15) is 47.7 Å². The number of aliphatic hydroxyl groups is 2. The molecule has 222 valence electrons. The fourth-order valence-corrected chi connectivity index (χ4v) is 6.52. The van der Waals surface area contributed by atoms with E-state index in [2.05, 4.69) is 41.3 Å². The van der Waals surface area contributed by atoms with Gasteiger partial charge in [-0.3, -0.25) is 24.0 Å². The van der Waals surface area contributed by atoms with Crippen molar-refractivity contribution in [1.82, 2.24) is 29.6 Å². The Kier molecular flexibility index (Phi) is 6.75. The van der Waals surface area contributed by atoms with Crippen molar-refractivity contribution < 1.29 is 24.6 Å². The smallest absolute Gasteiger partial charge is 0.278 e. The number of aromatic nitrogens is 5. The molecule has 3 N–H and O–H groups in total. The summed E-state index contributed by atoms with van der Waals surface area (Å²) in [5.41, 5.74) is 0.614. The van der Waals surface area contributed by atoms with E-state index in [9.17, 15) is 24.6 Å². The number of rotatable bonds is 6. The van der Waals surface area contributed by atoms with Crippen molar-refractivity contribution in [2.75, 3.05) is 5.32 Å². The summed E-state index contributed by atoms with van der Waals surface area (Å²) >= 11 is 3.28. The summed E-state index contributed by atoms with van der Waals surface area (Å²) in [5.74, 6) is -0.872. The molecular formula is C30H30BrN7O5. The van der Waals surface area contributed by atoms with Crippen molar-refractivity contribution in [3.05, 3.63) is 63.9 Å². The molecule has 0 bridgehead atoms. The number of halogens is 1. The second-order valence-corrected chi connectivity index (χ2v) is 12.5. The number of hydrogen-bond acceptors (Lipinski definition) is 9. The first-order chi connectivity index (χ1) is 20.2. The Labute approximate surface area is 255 Å². The number of amides is 2. The van der Waals surface area contributed by atoms with Gasteiger partial charge in [0.25, 0.3) is 5.91 Å². The summed E-state index contributed by atoms with van der Waals surface area (Å²) in [6.07, 6.45) is 2.34. The van der Waals surface area contributed by atoms with E-state index in [1.807, 2.05) is 19.1 Å². The Balaban J connectivity index is 1.36. The predicted octanol–water partition coefficient (Wildman–Crippen LogP) is 3.09. The van der Waals surface area contributed by atoms with Crippen LogP contribution in [0.4, 0.5) is 5.82 Å². The molecule has 0 spiro atoms. The lowest BCUT2D eigenvalue weighted by Crippen LogP contribution is -2.59. The molecule has 1 aliphatic carbocycles. The number of aryl methyl sites for hydroxylation is 3. The third kappa shape index (κ3) is 4.62. The van der Waals surface area contributed by atoms with Gasteiger partial charge in [0.2, 0.25) is 11.6 Å². The van der Waals surface area contributed by atoms with Gasteiger partial charge in [-0.05, 0) is 71.6 Å². The molecule has 2 amide bonds. The van der Waals surface area contributed by atoms with Crippen molar-refractivity contribution in [3.8, 4) is 11.1 Å². The highest BCUT2D eigenvalue weighted by molar-refractivity contribution is 9.10. The van der Waals surface area contributed by atoms with E-state index >= 15 is 0 Å². The van der Waals surface area contributed by atoms with E-state index in [0.717, 1.165) is 21.6 Å². The summed E-state index contributed by atoms with van der Waals surface area (Å²) in [5, 5.41) is 30.2. The van der Waals surface area contributed by atoms with Crippen LogP contribution in [0.5, 0.6) is 0 Å². The number of carbonyl (C=O) groups is 3. The molecule has 1 saturated carbocycles.